The number of methoxy groups -OCH3 is 1. The molecule has 166 valence electrons. The van der Waals surface area contributed by atoms with E-state index in [0.29, 0.717) is 28.2 Å². The molecule has 4 aromatic carbocycles. The highest BCUT2D eigenvalue weighted by molar-refractivity contribution is 6.35. The number of halogens is 2. The lowest BCUT2D eigenvalue weighted by Gasteiger charge is -2.12. The van der Waals surface area contributed by atoms with Crippen molar-refractivity contribution in [2.45, 2.75) is 6.61 Å². The highest BCUT2D eigenvalue weighted by atomic mass is 35.5. The monoisotopic (exact) mass is 477 g/mol. The van der Waals surface area contributed by atoms with Gasteiger partial charge in [-0.25, -0.2) is 0 Å². The third-order valence-corrected chi connectivity index (χ3v) is 5.35. The number of ether oxygens (including phenoxy) is 3. The second kappa shape index (κ2) is 10.9. The first-order valence-electron chi connectivity index (χ1n) is 10.2. The zero-order chi connectivity index (χ0) is 23.0. The van der Waals surface area contributed by atoms with Crippen LogP contribution in [0.5, 0.6) is 23.0 Å². The van der Waals surface area contributed by atoms with E-state index in [1.165, 1.54) is 0 Å². The van der Waals surface area contributed by atoms with Crippen molar-refractivity contribution in [3.8, 4) is 23.0 Å². The van der Waals surface area contributed by atoms with Crippen molar-refractivity contribution in [3.63, 3.8) is 0 Å². The fraction of sp³-hybridized carbons (Fsp3) is 0.0741. The summed E-state index contributed by atoms with van der Waals surface area (Å²) >= 11 is 12.2. The second-order valence-corrected chi connectivity index (χ2v) is 7.95. The molecule has 0 aromatic heterocycles. The summed E-state index contributed by atoms with van der Waals surface area (Å²) in [7, 11) is 1.60. The van der Waals surface area contributed by atoms with Crippen molar-refractivity contribution >= 4 is 35.1 Å². The van der Waals surface area contributed by atoms with E-state index in [9.17, 15) is 0 Å². The third-order valence-electron chi connectivity index (χ3n) is 4.76. The number of rotatable bonds is 8. The van der Waals surface area contributed by atoms with Gasteiger partial charge in [-0.15, -0.1) is 0 Å². The first-order chi connectivity index (χ1) is 16.1. The van der Waals surface area contributed by atoms with Crippen LogP contribution in [0.4, 0.5) is 5.69 Å². The smallest absolute Gasteiger partial charge is 0.161 e. The zero-order valence-electron chi connectivity index (χ0n) is 17.9. The van der Waals surface area contributed by atoms with E-state index in [1.54, 1.807) is 25.5 Å². The number of benzene rings is 4. The summed E-state index contributed by atoms with van der Waals surface area (Å²) in [6.45, 7) is 0.303. The Bertz CT molecular complexity index is 1240. The van der Waals surface area contributed by atoms with Crippen LogP contribution in [-0.4, -0.2) is 13.3 Å². The summed E-state index contributed by atoms with van der Waals surface area (Å²) < 4.78 is 17.2. The van der Waals surface area contributed by atoms with Gasteiger partial charge in [0.25, 0.3) is 0 Å². The van der Waals surface area contributed by atoms with Crippen LogP contribution in [0.2, 0.25) is 10.0 Å². The third kappa shape index (κ3) is 6.28. The molecule has 0 N–H and O–H groups in total. The Morgan fingerprint density at radius 3 is 2.27 bits per heavy atom. The summed E-state index contributed by atoms with van der Waals surface area (Å²) in [5, 5.41) is 1.15. The topological polar surface area (TPSA) is 40.0 Å². The van der Waals surface area contributed by atoms with Crippen LogP contribution in [-0.2, 0) is 6.61 Å². The largest absolute Gasteiger partial charge is 0.493 e. The molecule has 0 unspecified atom stereocenters. The Labute approximate surface area is 203 Å². The van der Waals surface area contributed by atoms with Crippen LogP contribution in [0.25, 0.3) is 0 Å². The Morgan fingerprint density at radius 2 is 1.55 bits per heavy atom. The average Bonchev–Trinajstić information content (AvgIpc) is 2.84. The number of nitrogens with zero attached hydrogens (tertiary/aromatic N) is 1. The Morgan fingerprint density at radius 1 is 0.788 bits per heavy atom. The molecule has 0 heterocycles. The molecular formula is C27H21Cl2NO3. The van der Waals surface area contributed by atoms with Gasteiger partial charge in [0.1, 0.15) is 18.1 Å². The molecule has 4 nitrogen and oxygen atoms in total. The molecule has 0 fully saturated rings. The highest BCUT2D eigenvalue weighted by Crippen LogP contribution is 2.30. The minimum Gasteiger partial charge on any atom is -0.493 e. The Balaban J connectivity index is 1.40. The molecule has 0 aliphatic heterocycles. The minimum absolute atomic E-state index is 0.303. The zero-order valence-corrected chi connectivity index (χ0v) is 19.4. The van der Waals surface area contributed by atoms with Crippen molar-refractivity contribution in [1.29, 1.82) is 0 Å². The Kier molecular flexibility index (Phi) is 7.51. The lowest BCUT2D eigenvalue weighted by Crippen LogP contribution is -1.99. The predicted octanol–water partition coefficient (Wildman–Crippen LogP) is 8.12. The maximum atomic E-state index is 6.22. The van der Waals surface area contributed by atoms with Gasteiger partial charge in [0.05, 0.1) is 12.8 Å². The average molecular weight is 478 g/mol. The second-order valence-electron chi connectivity index (χ2n) is 7.10. The van der Waals surface area contributed by atoms with E-state index in [4.69, 9.17) is 37.4 Å². The fourth-order valence-electron chi connectivity index (χ4n) is 3.05. The SMILES string of the molecule is COc1cc(C=Nc2ccc(Oc3ccccc3)cc2)ccc1OCc1ccc(Cl)cc1Cl. The maximum Gasteiger partial charge on any atom is 0.161 e. The fourth-order valence-corrected chi connectivity index (χ4v) is 3.51. The normalized spacial score (nSPS) is 10.9. The molecule has 4 rings (SSSR count). The van der Waals surface area contributed by atoms with Crippen LogP contribution in [0, 0.1) is 0 Å². The first-order valence-corrected chi connectivity index (χ1v) is 11.0. The molecule has 0 radical (unpaired) electrons. The van der Waals surface area contributed by atoms with E-state index in [-0.39, 0.29) is 0 Å². The molecule has 0 atom stereocenters. The molecule has 0 aliphatic carbocycles. The van der Waals surface area contributed by atoms with E-state index in [0.717, 1.165) is 28.3 Å². The van der Waals surface area contributed by atoms with Crippen LogP contribution < -0.4 is 14.2 Å². The molecule has 0 saturated carbocycles. The lowest BCUT2D eigenvalue weighted by molar-refractivity contribution is 0.284. The first kappa shape index (κ1) is 22.7. The van der Waals surface area contributed by atoms with Crippen molar-refractivity contribution in [2.24, 2.45) is 4.99 Å². The lowest BCUT2D eigenvalue weighted by atomic mass is 10.2. The maximum absolute atomic E-state index is 6.22. The van der Waals surface area contributed by atoms with Crippen LogP contribution in [0.15, 0.2) is 96.0 Å². The predicted molar refractivity (Wildman–Crippen MR) is 134 cm³/mol. The highest BCUT2D eigenvalue weighted by Gasteiger charge is 2.08. The van der Waals surface area contributed by atoms with Crippen LogP contribution in [0.1, 0.15) is 11.1 Å². The van der Waals surface area contributed by atoms with E-state index < -0.39 is 0 Å². The van der Waals surface area contributed by atoms with Crippen molar-refractivity contribution in [3.05, 3.63) is 112 Å². The van der Waals surface area contributed by atoms with E-state index in [1.807, 2.05) is 78.9 Å². The molecule has 0 aliphatic rings. The van der Waals surface area contributed by atoms with Gasteiger partial charge in [0.2, 0.25) is 0 Å². The summed E-state index contributed by atoms with van der Waals surface area (Å²) in [6, 6.07) is 28.2. The molecule has 0 bridgehead atoms. The van der Waals surface area contributed by atoms with Gasteiger partial charge in [-0.05, 0) is 72.3 Å². The summed E-state index contributed by atoms with van der Waals surface area (Å²) in [5.41, 5.74) is 2.54. The summed E-state index contributed by atoms with van der Waals surface area (Å²) in [4.78, 5) is 4.54. The van der Waals surface area contributed by atoms with Crippen molar-refractivity contribution < 1.29 is 14.2 Å². The van der Waals surface area contributed by atoms with E-state index in [2.05, 4.69) is 4.99 Å². The van der Waals surface area contributed by atoms with Gasteiger partial charge in [0, 0.05) is 21.8 Å². The quantitative estimate of drug-likeness (QED) is 0.240. The molecule has 33 heavy (non-hydrogen) atoms. The van der Waals surface area contributed by atoms with Crippen LogP contribution in [0.3, 0.4) is 0 Å². The number of hydrogen-bond donors (Lipinski definition) is 0. The minimum atomic E-state index is 0.303. The summed E-state index contributed by atoms with van der Waals surface area (Å²) in [6.07, 6.45) is 1.77. The van der Waals surface area contributed by atoms with Gasteiger partial charge < -0.3 is 14.2 Å². The van der Waals surface area contributed by atoms with Crippen molar-refractivity contribution in [2.75, 3.05) is 7.11 Å². The van der Waals surface area contributed by atoms with E-state index >= 15 is 0 Å². The van der Waals surface area contributed by atoms with Gasteiger partial charge >= 0.3 is 0 Å². The van der Waals surface area contributed by atoms with Gasteiger partial charge in [-0.2, -0.15) is 0 Å². The van der Waals surface area contributed by atoms with Gasteiger partial charge in [0.15, 0.2) is 11.5 Å². The molecular weight excluding hydrogens is 457 g/mol. The Hall–Kier alpha value is -3.47. The molecule has 6 heteroatoms. The van der Waals surface area contributed by atoms with Crippen LogP contribution >= 0.6 is 23.2 Å². The standard InChI is InChI=1S/C27H21Cl2NO3/c1-31-27-15-19(7-14-26(27)32-18-20-8-9-21(28)16-25(20)29)17-30-22-10-12-24(13-11-22)33-23-5-3-2-4-6-23/h2-17H,18H2,1H3. The van der Waals surface area contributed by atoms with Crippen molar-refractivity contribution in [1.82, 2.24) is 0 Å². The number of hydrogen-bond acceptors (Lipinski definition) is 4. The molecule has 0 amide bonds. The van der Waals surface area contributed by atoms with Gasteiger partial charge in [-0.1, -0.05) is 47.5 Å². The molecule has 0 spiro atoms. The summed E-state index contributed by atoms with van der Waals surface area (Å²) in [5.74, 6) is 2.77. The molecule has 0 saturated heterocycles. The van der Waals surface area contributed by atoms with Gasteiger partial charge in [-0.3, -0.25) is 4.99 Å². The number of aliphatic imine (C=N–C) groups is 1. The number of para-hydroxylation sites is 1. The molecule has 4 aromatic rings.